The largest absolute Gasteiger partial charge is 0.476 e. The molecular weight excluding hydrogens is 292 g/mol. The van der Waals surface area contributed by atoms with Gasteiger partial charge in [-0.3, -0.25) is 4.79 Å². The molecule has 0 atom stereocenters. The summed E-state index contributed by atoms with van der Waals surface area (Å²) in [6.45, 7) is 0. The van der Waals surface area contributed by atoms with Gasteiger partial charge < -0.3 is 15.0 Å². The van der Waals surface area contributed by atoms with E-state index in [4.69, 9.17) is 0 Å². The van der Waals surface area contributed by atoms with E-state index in [2.05, 4.69) is 5.32 Å². The third kappa shape index (κ3) is 2.98. The van der Waals surface area contributed by atoms with Gasteiger partial charge in [0.05, 0.1) is 5.69 Å². The van der Waals surface area contributed by atoms with Crippen LogP contribution in [0.3, 0.4) is 0 Å². The molecule has 0 bridgehead atoms. The lowest BCUT2D eigenvalue weighted by Gasteiger charge is -2.09. The van der Waals surface area contributed by atoms with Crippen LogP contribution >= 0.6 is 0 Å². The standard InChI is InChI=1S/C18H14N2O3/c21-17(13-7-3-1-4-8-13)19-15-11-12-20(16(15)18(22)23)14-9-5-2-6-10-14/h1-12H,(H,19,21)(H,22,23). The molecule has 0 saturated carbocycles. The number of carbonyl (C=O) groups excluding carboxylic acids is 1. The Kier molecular flexibility index (Phi) is 3.93. The maximum atomic E-state index is 12.2. The third-order valence-electron chi connectivity index (χ3n) is 3.41. The fourth-order valence-corrected chi connectivity index (χ4v) is 2.34. The van der Waals surface area contributed by atoms with Crippen LogP contribution in [0.5, 0.6) is 0 Å². The monoisotopic (exact) mass is 306 g/mol. The van der Waals surface area contributed by atoms with Gasteiger partial charge in [-0.15, -0.1) is 0 Å². The highest BCUT2D eigenvalue weighted by atomic mass is 16.4. The van der Waals surface area contributed by atoms with Crippen molar-refractivity contribution in [2.24, 2.45) is 0 Å². The number of carboxylic acid groups (broad SMARTS) is 1. The molecule has 1 aromatic heterocycles. The van der Waals surface area contributed by atoms with Crippen LogP contribution in [0.1, 0.15) is 20.8 Å². The van der Waals surface area contributed by atoms with Crippen molar-refractivity contribution in [1.82, 2.24) is 4.57 Å². The molecule has 0 aliphatic rings. The van der Waals surface area contributed by atoms with Crippen molar-refractivity contribution in [3.63, 3.8) is 0 Å². The highest BCUT2D eigenvalue weighted by molar-refractivity contribution is 6.07. The molecule has 1 amide bonds. The van der Waals surface area contributed by atoms with E-state index >= 15 is 0 Å². The van der Waals surface area contributed by atoms with Crippen molar-refractivity contribution in [2.45, 2.75) is 0 Å². The Morgan fingerprint density at radius 3 is 2.09 bits per heavy atom. The van der Waals surface area contributed by atoms with Gasteiger partial charge in [-0.25, -0.2) is 4.79 Å². The van der Waals surface area contributed by atoms with E-state index in [1.54, 1.807) is 48.7 Å². The number of benzene rings is 2. The van der Waals surface area contributed by atoms with Crippen LogP contribution in [0.15, 0.2) is 72.9 Å². The highest BCUT2D eigenvalue weighted by Gasteiger charge is 2.19. The normalized spacial score (nSPS) is 10.3. The maximum absolute atomic E-state index is 12.2. The van der Waals surface area contributed by atoms with E-state index in [0.29, 0.717) is 11.3 Å². The van der Waals surface area contributed by atoms with Crippen molar-refractivity contribution in [3.05, 3.63) is 84.2 Å². The molecule has 0 fully saturated rings. The Balaban J connectivity index is 1.96. The Labute approximate surface area is 132 Å². The zero-order valence-electron chi connectivity index (χ0n) is 12.1. The molecule has 0 saturated heterocycles. The second kappa shape index (κ2) is 6.19. The topological polar surface area (TPSA) is 71.3 Å². The summed E-state index contributed by atoms with van der Waals surface area (Å²) in [7, 11) is 0. The number of rotatable bonds is 4. The number of carbonyl (C=O) groups is 2. The van der Waals surface area contributed by atoms with E-state index in [0.717, 1.165) is 0 Å². The van der Waals surface area contributed by atoms with Gasteiger partial charge in [-0.05, 0) is 30.3 Å². The number of aromatic nitrogens is 1. The first-order valence-corrected chi connectivity index (χ1v) is 7.03. The predicted molar refractivity (Wildman–Crippen MR) is 87.1 cm³/mol. The van der Waals surface area contributed by atoms with Crippen LogP contribution in [-0.2, 0) is 0 Å². The smallest absolute Gasteiger partial charge is 0.355 e. The summed E-state index contributed by atoms with van der Waals surface area (Å²) in [5.74, 6) is -1.46. The molecule has 23 heavy (non-hydrogen) atoms. The second-order valence-corrected chi connectivity index (χ2v) is 4.91. The molecule has 3 aromatic rings. The zero-order chi connectivity index (χ0) is 16.2. The van der Waals surface area contributed by atoms with Crippen molar-refractivity contribution in [1.29, 1.82) is 0 Å². The molecule has 5 heteroatoms. The van der Waals surface area contributed by atoms with Crippen LogP contribution in [0.4, 0.5) is 5.69 Å². The van der Waals surface area contributed by atoms with Crippen LogP contribution < -0.4 is 5.32 Å². The Bertz CT molecular complexity index is 839. The minimum absolute atomic E-state index is 0.0143. The number of para-hydroxylation sites is 1. The molecule has 0 radical (unpaired) electrons. The Morgan fingerprint density at radius 2 is 1.48 bits per heavy atom. The molecule has 0 aliphatic carbocycles. The number of hydrogen-bond acceptors (Lipinski definition) is 2. The first kappa shape index (κ1) is 14.6. The number of amides is 1. The maximum Gasteiger partial charge on any atom is 0.355 e. The zero-order valence-corrected chi connectivity index (χ0v) is 12.1. The van der Waals surface area contributed by atoms with Crippen LogP contribution in [-0.4, -0.2) is 21.6 Å². The number of hydrogen-bond donors (Lipinski definition) is 2. The summed E-state index contributed by atoms with van der Waals surface area (Å²) in [6.07, 6.45) is 1.62. The SMILES string of the molecule is O=C(Nc1ccn(-c2ccccc2)c1C(=O)O)c1ccccc1. The minimum atomic E-state index is -1.11. The molecular formula is C18H14N2O3. The summed E-state index contributed by atoms with van der Waals surface area (Å²) in [5.41, 5.74) is 1.46. The predicted octanol–water partition coefficient (Wildman–Crippen LogP) is 3.43. The second-order valence-electron chi connectivity index (χ2n) is 4.91. The van der Waals surface area contributed by atoms with Crippen LogP contribution in [0, 0.1) is 0 Å². The Hall–Kier alpha value is -3.34. The van der Waals surface area contributed by atoms with Gasteiger partial charge in [0.2, 0.25) is 0 Å². The molecule has 114 valence electrons. The summed E-state index contributed by atoms with van der Waals surface area (Å²) in [6, 6.07) is 19.3. The van der Waals surface area contributed by atoms with Gasteiger partial charge in [0.25, 0.3) is 5.91 Å². The average molecular weight is 306 g/mol. The fraction of sp³-hybridized carbons (Fsp3) is 0. The van der Waals surface area contributed by atoms with Crippen molar-refractivity contribution in [2.75, 3.05) is 5.32 Å². The van der Waals surface area contributed by atoms with Gasteiger partial charge in [0, 0.05) is 17.4 Å². The summed E-state index contributed by atoms with van der Waals surface area (Å²) in [4.78, 5) is 23.8. The lowest BCUT2D eigenvalue weighted by molar-refractivity contribution is 0.0689. The molecule has 5 nitrogen and oxygen atoms in total. The highest BCUT2D eigenvalue weighted by Crippen LogP contribution is 2.22. The van der Waals surface area contributed by atoms with Crippen LogP contribution in [0.25, 0.3) is 5.69 Å². The molecule has 2 N–H and O–H groups in total. The van der Waals surface area contributed by atoms with Crippen LogP contribution in [0.2, 0.25) is 0 Å². The number of aromatic carboxylic acids is 1. The summed E-state index contributed by atoms with van der Waals surface area (Å²) < 4.78 is 1.53. The van der Waals surface area contributed by atoms with Crippen molar-refractivity contribution in [3.8, 4) is 5.69 Å². The molecule has 0 aliphatic heterocycles. The fourth-order valence-electron chi connectivity index (χ4n) is 2.34. The third-order valence-corrected chi connectivity index (χ3v) is 3.41. The lowest BCUT2D eigenvalue weighted by atomic mass is 10.2. The van der Waals surface area contributed by atoms with E-state index in [-0.39, 0.29) is 17.3 Å². The first-order valence-electron chi connectivity index (χ1n) is 7.03. The number of nitrogens with one attached hydrogen (secondary N) is 1. The van der Waals surface area contributed by atoms with Gasteiger partial charge in [0.15, 0.2) is 5.69 Å². The number of anilines is 1. The van der Waals surface area contributed by atoms with Crippen molar-refractivity contribution >= 4 is 17.6 Å². The molecule has 0 unspecified atom stereocenters. The van der Waals surface area contributed by atoms with Gasteiger partial charge in [-0.1, -0.05) is 36.4 Å². The summed E-state index contributed by atoms with van der Waals surface area (Å²) in [5, 5.41) is 12.2. The first-order chi connectivity index (χ1) is 11.2. The molecule has 1 heterocycles. The van der Waals surface area contributed by atoms with E-state index in [1.807, 2.05) is 24.3 Å². The van der Waals surface area contributed by atoms with E-state index in [1.165, 1.54) is 4.57 Å². The number of nitrogens with zero attached hydrogens (tertiary/aromatic N) is 1. The van der Waals surface area contributed by atoms with E-state index in [9.17, 15) is 14.7 Å². The average Bonchev–Trinajstić information content (AvgIpc) is 3.00. The minimum Gasteiger partial charge on any atom is -0.476 e. The lowest BCUT2D eigenvalue weighted by Crippen LogP contribution is -2.15. The Morgan fingerprint density at radius 1 is 0.870 bits per heavy atom. The van der Waals surface area contributed by atoms with Gasteiger partial charge >= 0.3 is 5.97 Å². The number of carboxylic acids is 1. The molecule has 0 spiro atoms. The van der Waals surface area contributed by atoms with Gasteiger partial charge in [0.1, 0.15) is 0 Å². The van der Waals surface area contributed by atoms with Gasteiger partial charge in [-0.2, -0.15) is 0 Å². The molecule has 3 rings (SSSR count). The quantitative estimate of drug-likeness (QED) is 0.775. The summed E-state index contributed by atoms with van der Waals surface area (Å²) >= 11 is 0. The van der Waals surface area contributed by atoms with E-state index < -0.39 is 5.97 Å². The molecule has 2 aromatic carbocycles. The van der Waals surface area contributed by atoms with Crippen molar-refractivity contribution < 1.29 is 14.7 Å².